The van der Waals surface area contributed by atoms with Gasteiger partial charge in [-0.25, -0.2) is 13.2 Å². The lowest BCUT2D eigenvalue weighted by molar-refractivity contribution is -0.119. The first-order valence-corrected chi connectivity index (χ1v) is 10.1. The summed E-state index contributed by atoms with van der Waals surface area (Å²) in [6.07, 6.45) is 0.764. The van der Waals surface area contributed by atoms with Crippen molar-refractivity contribution in [1.82, 2.24) is 5.32 Å². The maximum atomic E-state index is 13.1. The molecule has 0 spiro atoms. The van der Waals surface area contributed by atoms with E-state index in [9.17, 15) is 18.0 Å². The first-order valence-electron chi connectivity index (χ1n) is 8.65. The Labute approximate surface area is 158 Å². The molecular formula is C19H21N3O4S. The molecule has 2 aromatic rings. The van der Waals surface area contributed by atoms with Gasteiger partial charge in [-0.1, -0.05) is 36.8 Å². The van der Waals surface area contributed by atoms with Gasteiger partial charge in [0.2, 0.25) is 5.91 Å². The molecule has 0 saturated carbocycles. The van der Waals surface area contributed by atoms with Gasteiger partial charge < -0.3 is 5.32 Å². The van der Waals surface area contributed by atoms with Crippen LogP contribution in [0, 0.1) is 6.92 Å². The van der Waals surface area contributed by atoms with E-state index in [0.29, 0.717) is 6.54 Å². The lowest BCUT2D eigenvalue weighted by Crippen LogP contribution is -2.53. The molecule has 3 amide bonds. The number of amides is 3. The molecular weight excluding hydrogens is 366 g/mol. The topological polar surface area (TPSA) is 86.8 Å². The van der Waals surface area contributed by atoms with Crippen molar-refractivity contribution in [3.05, 3.63) is 54.1 Å². The molecule has 0 aliphatic carbocycles. The molecule has 1 heterocycles. The number of para-hydroxylation sites is 1. The van der Waals surface area contributed by atoms with Gasteiger partial charge in [-0.2, -0.15) is 4.31 Å². The van der Waals surface area contributed by atoms with Crippen LogP contribution in [0.25, 0.3) is 0 Å². The first-order chi connectivity index (χ1) is 12.9. The molecule has 3 rings (SSSR count). The molecule has 2 aromatic carbocycles. The fourth-order valence-corrected chi connectivity index (χ4v) is 4.45. The van der Waals surface area contributed by atoms with E-state index in [2.05, 4.69) is 5.32 Å². The zero-order valence-electron chi connectivity index (χ0n) is 15.2. The van der Waals surface area contributed by atoms with Gasteiger partial charge in [0.1, 0.15) is 11.4 Å². The van der Waals surface area contributed by atoms with Crippen LogP contribution in [0.2, 0.25) is 0 Å². The third kappa shape index (κ3) is 3.52. The quantitative estimate of drug-likeness (QED) is 0.854. The molecule has 1 N–H and O–H groups in total. The van der Waals surface area contributed by atoms with Gasteiger partial charge in [0.25, 0.3) is 10.0 Å². The average molecular weight is 387 g/mol. The van der Waals surface area contributed by atoms with Crippen molar-refractivity contribution in [2.75, 3.05) is 22.3 Å². The van der Waals surface area contributed by atoms with Gasteiger partial charge in [-0.3, -0.25) is 9.69 Å². The van der Waals surface area contributed by atoms with Gasteiger partial charge in [0, 0.05) is 6.54 Å². The molecule has 1 aliphatic rings. The highest BCUT2D eigenvalue weighted by Crippen LogP contribution is 2.36. The molecule has 0 bridgehead atoms. The monoisotopic (exact) mass is 387 g/mol. The van der Waals surface area contributed by atoms with Crippen LogP contribution >= 0.6 is 0 Å². The molecule has 27 heavy (non-hydrogen) atoms. The second-order valence-corrected chi connectivity index (χ2v) is 8.05. The Morgan fingerprint density at radius 2 is 1.74 bits per heavy atom. The fourth-order valence-electron chi connectivity index (χ4n) is 2.86. The van der Waals surface area contributed by atoms with Crippen LogP contribution in [-0.4, -0.2) is 33.4 Å². The third-order valence-electron chi connectivity index (χ3n) is 4.22. The molecule has 0 aromatic heterocycles. The summed E-state index contributed by atoms with van der Waals surface area (Å²) in [6, 6.07) is 12.1. The number of nitrogens with one attached hydrogen (secondary N) is 1. The number of carbonyl (C=O) groups excluding carboxylic acids is 2. The molecule has 0 unspecified atom stereocenters. The van der Waals surface area contributed by atoms with Crippen molar-refractivity contribution >= 4 is 33.3 Å². The normalized spacial score (nSPS) is 15.4. The van der Waals surface area contributed by atoms with E-state index >= 15 is 0 Å². The average Bonchev–Trinajstić information content (AvgIpc) is 2.65. The number of urea groups is 1. The van der Waals surface area contributed by atoms with Crippen molar-refractivity contribution in [2.24, 2.45) is 0 Å². The molecule has 0 radical (unpaired) electrons. The summed E-state index contributed by atoms with van der Waals surface area (Å²) in [6.45, 7) is 4.03. The van der Waals surface area contributed by atoms with Crippen molar-refractivity contribution in [2.45, 2.75) is 25.2 Å². The van der Waals surface area contributed by atoms with Crippen LogP contribution in [0.3, 0.4) is 0 Å². The summed E-state index contributed by atoms with van der Waals surface area (Å²) in [5.74, 6) is -0.344. The lowest BCUT2D eigenvalue weighted by Gasteiger charge is -2.35. The molecule has 0 fully saturated rings. The highest BCUT2D eigenvalue weighted by Gasteiger charge is 2.42. The number of fused-ring (bicyclic) bond motifs is 1. The number of aryl methyl sites for hydroxylation is 1. The molecule has 8 heteroatoms. The summed E-state index contributed by atoms with van der Waals surface area (Å²) in [7, 11) is -4.07. The Kier molecular flexibility index (Phi) is 5.18. The SMILES string of the molecule is CCCNC(=O)CN1C(=O)N(c2ccc(C)cc2)S(=O)(=O)c2ccccc21. The second kappa shape index (κ2) is 7.40. The minimum Gasteiger partial charge on any atom is -0.355 e. The van der Waals surface area contributed by atoms with Gasteiger partial charge in [-0.15, -0.1) is 0 Å². The van der Waals surface area contributed by atoms with E-state index in [1.165, 1.54) is 17.0 Å². The predicted octanol–water partition coefficient (Wildman–Crippen LogP) is 2.66. The van der Waals surface area contributed by atoms with Crippen LogP contribution < -0.4 is 14.5 Å². The highest BCUT2D eigenvalue weighted by molar-refractivity contribution is 7.94. The molecule has 7 nitrogen and oxygen atoms in total. The Balaban J connectivity index is 2.08. The Hall–Kier alpha value is -2.87. The van der Waals surface area contributed by atoms with E-state index in [4.69, 9.17) is 0 Å². The van der Waals surface area contributed by atoms with E-state index in [0.717, 1.165) is 16.3 Å². The first kappa shape index (κ1) is 18.9. The summed E-state index contributed by atoms with van der Waals surface area (Å²) in [4.78, 5) is 26.5. The lowest BCUT2D eigenvalue weighted by atomic mass is 10.2. The van der Waals surface area contributed by atoms with Crippen molar-refractivity contribution in [1.29, 1.82) is 0 Å². The number of sulfonamides is 1. The van der Waals surface area contributed by atoms with Crippen LogP contribution in [0.15, 0.2) is 53.4 Å². The number of nitrogens with zero attached hydrogens (tertiary/aromatic N) is 2. The maximum Gasteiger partial charge on any atom is 0.343 e. The minimum absolute atomic E-state index is 0.00605. The van der Waals surface area contributed by atoms with Crippen molar-refractivity contribution in [3.63, 3.8) is 0 Å². The van der Waals surface area contributed by atoms with Crippen LogP contribution in [0.1, 0.15) is 18.9 Å². The number of hydrogen-bond acceptors (Lipinski definition) is 4. The molecule has 0 atom stereocenters. The van der Waals surface area contributed by atoms with E-state index in [1.54, 1.807) is 36.4 Å². The number of benzene rings is 2. The minimum atomic E-state index is -4.07. The second-order valence-electron chi connectivity index (χ2n) is 6.29. The van der Waals surface area contributed by atoms with Gasteiger partial charge in [0.05, 0.1) is 11.4 Å². The highest BCUT2D eigenvalue weighted by atomic mass is 32.2. The van der Waals surface area contributed by atoms with Crippen LogP contribution in [0.5, 0.6) is 0 Å². The Bertz CT molecular complexity index is 971. The maximum absolute atomic E-state index is 13.1. The largest absolute Gasteiger partial charge is 0.355 e. The number of rotatable bonds is 5. The standard InChI is InChI=1S/C19H21N3O4S/c1-3-12-20-18(23)13-21-16-6-4-5-7-17(16)27(25,26)22(19(21)24)15-10-8-14(2)9-11-15/h4-11H,3,12-13H2,1-2H3,(H,20,23). The predicted molar refractivity (Wildman–Crippen MR) is 103 cm³/mol. The molecule has 0 saturated heterocycles. The Morgan fingerprint density at radius 3 is 2.41 bits per heavy atom. The zero-order valence-corrected chi connectivity index (χ0v) is 16.0. The van der Waals surface area contributed by atoms with Gasteiger partial charge in [0.15, 0.2) is 0 Å². The van der Waals surface area contributed by atoms with Gasteiger partial charge >= 0.3 is 6.03 Å². The van der Waals surface area contributed by atoms with E-state index < -0.39 is 16.1 Å². The van der Waals surface area contributed by atoms with E-state index in [1.807, 2.05) is 13.8 Å². The molecule has 142 valence electrons. The third-order valence-corrected chi connectivity index (χ3v) is 5.97. The summed E-state index contributed by atoms with van der Waals surface area (Å²) in [5, 5.41) is 2.71. The van der Waals surface area contributed by atoms with Crippen molar-refractivity contribution < 1.29 is 18.0 Å². The van der Waals surface area contributed by atoms with Crippen LogP contribution in [-0.2, 0) is 14.8 Å². The summed E-state index contributed by atoms with van der Waals surface area (Å²) in [5.41, 5.74) is 1.38. The van der Waals surface area contributed by atoms with Gasteiger partial charge in [-0.05, 0) is 37.6 Å². The summed E-state index contributed by atoms with van der Waals surface area (Å²) < 4.78 is 26.9. The Morgan fingerprint density at radius 1 is 1.07 bits per heavy atom. The number of carbonyl (C=O) groups is 2. The summed E-state index contributed by atoms with van der Waals surface area (Å²) >= 11 is 0. The molecule has 1 aliphatic heterocycles. The zero-order chi connectivity index (χ0) is 19.6. The van der Waals surface area contributed by atoms with E-state index in [-0.39, 0.29) is 28.7 Å². The smallest absolute Gasteiger partial charge is 0.343 e. The number of hydrogen-bond donors (Lipinski definition) is 1. The van der Waals surface area contributed by atoms with Crippen molar-refractivity contribution in [3.8, 4) is 0 Å². The van der Waals surface area contributed by atoms with Crippen LogP contribution in [0.4, 0.5) is 16.2 Å². The fraction of sp³-hybridized carbons (Fsp3) is 0.263. The number of anilines is 2.